The number of nitrogens with zero attached hydrogens (tertiary/aromatic N) is 1. The van der Waals surface area contributed by atoms with E-state index in [1.165, 1.54) is 24.3 Å². The molecule has 0 atom stereocenters. The number of anilines is 1. The first-order chi connectivity index (χ1) is 17.0. The van der Waals surface area contributed by atoms with E-state index in [1.807, 2.05) is 47.4 Å². The molecule has 0 bridgehead atoms. The summed E-state index contributed by atoms with van der Waals surface area (Å²) in [5, 5.41) is 3.75. The highest BCUT2D eigenvalue weighted by Crippen LogP contribution is 2.35. The Kier molecular flexibility index (Phi) is 8.55. The highest BCUT2D eigenvalue weighted by Gasteiger charge is 2.26. The Morgan fingerprint density at radius 1 is 0.971 bits per heavy atom. The van der Waals surface area contributed by atoms with Crippen molar-refractivity contribution in [1.82, 2.24) is 5.32 Å². The number of unbranched alkanes of at least 4 members (excludes halogenated alkanes) is 2. The van der Waals surface area contributed by atoms with Gasteiger partial charge in [-0.15, -0.1) is 0 Å². The second-order valence-electron chi connectivity index (χ2n) is 8.13. The largest absolute Gasteiger partial charge is 0.494 e. The molecule has 0 aromatic heterocycles. The molecule has 5 nitrogen and oxygen atoms in total. The molecule has 182 valence electrons. The van der Waals surface area contributed by atoms with E-state index in [0.717, 1.165) is 48.4 Å². The fourth-order valence-corrected chi connectivity index (χ4v) is 4.28. The van der Waals surface area contributed by atoms with Crippen molar-refractivity contribution in [3.05, 3.63) is 88.7 Å². The van der Waals surface area contributed by atoms with Gasteiger partial charge in [0.2, 0.25) is 0 Å². The number of carbonyl (C=O) groups excluding carboxylic acids is 1. The predicted molar refractivity (Wildman–Crippen MR) is 140 cm³/mol. The molecule has 3 aromatic carbocycles. The van der Waals surface area contributed by atoms with Crippen molar-refractivity contribution in [2.24, 2.45) is 0 Å². The minimum absolute atomic E-state index is 0.316. The molecule has 1 aliphatic heterocycles. The summed E-state index contributed by atoms with van der Waals surface area (Å²) >= 11 is 11.4. The zero-order valence-corrected chi connectivity index (χ0v) is 20.7. The number of thiocarbonyl (C=S) groups is 1. The third-order valence-corrected chi connectivity index (χ3v) is 6.26. The van der Waals surface area contributed by atoms with Crippen LogP contribution in [0.1, 0.15) is 35.2 Å². The van der Waals surface area contributed by atoms with Gasteiger partial charge in [-0.1, -0.05) is 17.7 Å². The highest BCUT2D eigenvalue weighted by atomic mass is 35.5. The van der Waals surface area contributed by atoms with Crippen LogP contribution in [0.15, 0.2) is 66.7 Å². The van der Waals surface area contributed by atoms with Gasteiger partial charge in [-0.3, -0.25) is 10.1 Å². The Morgan fingerprint density at radius 3 is 2.43 bits per heavy atom. The van der Waals surface area contributed by atoms with Crippen molar-refractivity contribution in [3.8, 4) is 11.5 Å². The molecule has 0 saturated carbocycles. The number of rotatable bonds is 9. The van der Waals surface area contributed by atoms with Crippen LogP contribution in [0.5, 0.6) is 11.5 Å². The molecule has 35 heavy (non-hydrogen) atoms. The fourth-order valence-electron chi connectivity index (χ4n) is 3.87. The van der Waals surface area contributed by atoms with Gasteiger partial charge in [-0.05, 0) is 98.6 Å². The molecule has 0 spiro atoms. The molecule has 0 radical (unpaired) electrons. The van der Waals surface area contributed by atoms with E-state index in [9.17, 15) is 9.18 Å². The number of fused-ring (bicyclic) bond motifs is 1. The van der Waals surface area contributed by atoms with Crippen LogP contribution < -0.4 is 19.7 Å². The molecule has 1 N–H and O–H groups in total. The standard InChI is InChI=1S/C27H26ClFN2O3S/c28-20-9-13-22(14-10-20)33-17-2-1-3-18-34-25-6-4-5-24-23(25)15-16-31(24)27(35)30-26(32)19-7-11-21(29)12-8-19/h4-14H,1-3,15-18H2,(H,30,32,35). The van der Waals surface area contributed by atoms with Gasteiger partial charge in [-0.25, -0.2) is 4.39 Å². The summed E-state index contributed by atoms with van der Waals surface area (Å²) in [5.74, 6) is 0.907. The van der Waals surface area contributed by atoms with Crippen LogP contribution in [-0.2, 0) is 6.42 Å². The molecule has 0 aliphatic carbocycles. The molecule has 0 fully saturated rings. The van der Waals surface area contributed by atoms with Crippen LogP contribution in [0.2, 0.25) is 5.02 Å². The lowest BCUT2D eigenvalue weighted by Crippen LogP contribution is -2.41. The lowest BCUT2D eigenvalue weighted by Gasteiger charge is -2.21. The normalized spacial score (nSPS) is 12.2. The Labute approximate surface area is 214 Å². The second kappa shape index (κ2) is 12.0. The van der Waals surface area contributed by atoms with E-state index in [1.54, 1.807) is 0 Å². The minimum atomic E-state index is -0.392. The van der Waals surface area contributed by atoms with E-state index in [0.29, 0.717) is 35.5 Å². The summed E-state index contributed by atoms with van der Waals surface area (Å²) in [6.07, 6.45) is 3.62. The quantitative estimate of drug-likeness (QED) is 0.274. The average molecular weight is 513 g/mol. The smallest absolute Gasteiger partial charge is 0.257 e. The third-order valence-electron chi connectivity index (χ3n) is 5.69. The number of nitrogens with one attached hydrogen (secondary N) is 1. The molecule has 1 aliphatic rings. The van der Waals surface area contributed by atoms with Crippen LogP contribution in [0.4, 0.5) is 10.1 Å². The summed E-state index contributed by atoms with van der Waals surface area (Å²) < 4.78 is 24.9. The van der Waals surface area contributed by atoms with E-state index in [2.05, 4.69) is 5.32 Å². The number of hydrogen-bond donors (Lipinski definition) is 1. The summed E-state index contributed by atoms with van der Waals surface area (Å²) in [6.45, 7) is 1.92. The van der Waals surface area contributed by atoms with E-state index >= 15 is 0 Å². The number of amides is 1. The second-order valence-corrected chi connectivity index (χ2v) is 8.96. The summed E-state index contributed by atoms with van der Waals surface area (Å²) in [4.78, 5) is 14.4. The molecular weight excluding hydrogens is 487 g/mol. The lowest BCUT2D eigenvalue weighted by atomic mass is 10.1. The fraction of sp³-hybridized carbons (Fsp3) is 0.259. The van der Waals surface area contributed by atoms with Crippen LogP contribution in [-0.4, -0.2) is 30.8 Å². The Bertz CT molecular complexity index is 1170. The van der Waals surface area contributed by atoms with E-state index < -0.39 is 5.82 Å². The molecule has 8 heteroatoms. The van der Waals surface area contributed by atoms with E-state index in [-0.39, 0.29) is 5.91 Å². The average Bonchev–Trinajstić information content (AvgIpc) is 3.30. The summed E-state index contributed by atoms with van der Waals surface area (Å²) in [6, 6.07) is 18.6. The Balaban J connectivity index is 1.23. The Morgan fingerprint density at radius 2 is 1.69 bits per heavy atom. The van der Waals surface area contributed by atoms with Gasteiger partial charge in [0.05, 0.1) is 18.9 Å². The van der Waals surface area contributed by atoms with E-state index in [4.69, 9.17) is 33.3 Å². The summed E-state index contributed by atoms with van der Waals surface area (Å²) in [5.41, 5.74) is 2.36. The Hall–Kier alpha value is -3.16. The number of ether oxygens (including phenoxy) is 2. The van der Waals surface area contributed by atoms with Gasteiger partial charge in [0.25, 0.3) is 5.91 Å². The maximum atomic E-state index is 13.1. The van der Waals surface area contributed by atoms with Gasteiger partial charge >= 0.3 is 0 Å². The first kappa shape index (κ1) is 24.9. The van der Waals surface area contributed by atoms with Crippen molar-refractivity contribution in [2.45, 2.75) is 25.7 Å². The van der Waals surface area contributed by atoms with Crippen molar-refractivity contribution in [1.29, 1.82) is 0 Å². The van der Waals surface area contributed by atoms with Crippen LogP contribution in [0, 0.1) is 5.82 Å². The van der Waals surface area contributed by atoms with Gasteiger partial charge in [0, 0.05) is 22.7 Å². The van der Waals surface area contributed by atoms with Crippen molar-refractivity contribution in [3.63, 3.8) is 0 Å². The van der Waals surface area contributed by atoms with Crippen LogP contribution in [0.25, 0.3) is 0 Å². The molecule has 4 rings (SSSR count). The van der Waals surface area contributed by atoms with Gasteiger partial charge in [-0.2, -0.15) is 0 Å². The SMILES string of the molecule is O=C(NC(=S)N1CCc2c(OCCCCCOc3ccc(Cl)cc3)cccc21)c1ccc(F)cc1. The molecule has 1 amide bonds. The summed E-state index contributed by atoms with van der Waals surface area (Å²) in [7, 11) is 0. The number of benzene rings is 3. The minimum Gasteiger partial charge on any atom is -0.494 e. The van der Waals surface area contributed by atoms with Crippen molar-refractivity contribution in [2.75, 3.05) is 24.7 Å². The monoisotopic (exact) mass is 512 g/mol. The molecule has 3 aromatic rings. The van der Waals surface area contributed by atoms with Crippen LogP contribution in [0.3, 0.4) is 0 Å². The number of hydrogen-bond acceptors (Lipinski definition) is 4. The maximum absolute atomic E-state index is 13.1. The predicted octanol–water partition coefficient (Wildman–Crippen LogP) is 6.18. The first-order valence-electron chi connectivity index (χ1n) is 11.5. The van der Waals surface area contributed by atoms with Crippen molar-refractivity contribution >= 4 is 40.5 Å². The van der Waals surface area contributed by atoms with Gasteiger partial charge < -0.3 is 14.4 Å². The topological polar surface area (TPSA) is 50.8 Å². The molecule has 0 saturated heterocycles. The zero-order valence-electron chi connectivity index (χ0n) is 19.1. The molecular formula is C27H26ClFN2O3S. The molecule has 1 heterocycles. The van der Waals surface area contributed by atoms with Crippen LogP contribution >= 0.6 is 23.8 Å². The molecule has 0 unspecified atom stereocenters. The zero-order chi connectivity index (χ0) is 24.6. The first-order valence-corrected chi connectivity index (χ1v) is 12.3. The lowest BCUT2D eigenvalue weighted by molar-refractivity contribution is 0.0977. The number of halogens is 2. The van der Waals surface area contributed by atoms with Crippen molar-refractivity contribution < 1.29 is 18.7 Å². The maximum Gasteiger partial charge on any atom is 0.257 e. The number of carbonyl (C=O) groups is 1. The van der Waals surface area contributed by atoms with Gasteiger partial charge in [0.1, 0.15) is 17.3 Å². The highest BCUT2D eigenvalue weighted by molar-refractivity contribution is 7.80. The third kappa shape index (κ3) is 6.71. The van der Waals surface area contributed by atoms with Gasteiger partial charge in [0.15, 0.2) is 5.11 Å².